The highest BCUT2D eigenvalue weighted by Gasteiger charge is 2.21. The molecule has 0 saturated carbocycles. The fourth-order valence-corrected chi connectivity index (χ4v) is 2.19. The van der Waals surface area contributed by atoms with Crippen molar-refractivity contribution in [2.45, 2.75) is 18.9 Å². The Labute approximate surface area is 125 Å². The molecule has 4 N–H and O–H groups in total. The van der Waals surface area contributed by atoms with Crippen molar-refractivity contribution in [3.63, 3.8) is 0 Å². The molecule has 7 nitrogen and oxygen atoms in total. The van der Waals surface area contributed by atoms with Gasteiger partial charge in [0, 0.05) is 24.0 Å². The topological polar surface area (TPSA) is 108 Å². The Balaban J connectivity index is 1.93. The van der Waals surface area contributed by atoms with Crippen LogP contribution in [0.5, 0.6) is 0 Å². The molecule has 1 unspecified atom stereocenters. The van der Waals surface area contributed by atoms with Gasteiger partial charge in [-0.2, -0.15) is 0 Å². The minimum absolute atomic E-state index is 0.0342. The SMILES string of the molecule is O=C1CCC(CNC(=O)Nc2ccc(Cl)cc2C(=O)O)N1. The van der Waals surface area contributed by atoms with Gasteiger partial charge in [-0.25, -0.2) is 9.59 Å². The number of aromatic carboxylic acids is 1. The van der Waals surface area contributed by atoms with Crippen LogP contribution in [0.4, 0.5) is 10.5 Å². The van der Waals surface area contributed by atoms with E-state index >= 15 is 0 Å². The molecule has 0 bridgehead atoms. The van der Waals surface area contributed by atoms with Crippen molar-refractivity contribution >= 4 is 35.2 Å². The van der Waals surface area contributed by atoms with Gasteiger partial charge in [0.15, 0.2) is 0 Å². The smallest absolute Gasteiger partial charge is 0.337 e. The number of carbonyl (C=O) groups excluding carboxylic acids is 2. The second-order valence-corrected chi connectivity index (χ2v) is 5.07. The third-order valence-corrected chi connectivity index (χ3v) is 3.29. The zero-order chi connectivity index (χ0) is 15.4. The molecule has 3 amide bonds. The number of carbonyl (C=O) groups is 3. The van der Waals surface area contributed by atoms with Crippen LogP contribution in [0.15, 0.2) is 18.2 Å². The summed E-state index contributed by atoms with van der Waals surface area (Å²) in [5, 5.41) is 17.1. The number of nitrogens with one attached hydrogen (secondary N) is 3. The van der Waals surface area contributed by atoms with Crippen LogP contribution < -0.4 is 16.0 Å². The standard InChI is InChI=1S/C13H14ClN3O4/c14-7-1-3-10(9(5-7)12(19)20)17-13(21)15-6-8-2-4-11(18)16-8/h1,3,5,8H,2,4,6H2,(H,16,18)(H,19,20)(H2,15,17,21). The van der Waals surface area contributed by atoms with Crippen LogP contribution in [0.25, 0.3) is 0 Å². The summed E-state index contributed by atoms with van der Waals surface area (Å²) in [7, 11) is 0. The predicted molar refractivity (Wildman–Crippen MR) is 76.6 cm³/mol. The maximum atomic E-state index is 11.7. The average molecular weight is 312 g/mol. The van der Waals surface area contributed by atoms with Gasteiger partial charge in [-0.1, -0.05) is 11.6 Å². The first-order valence-corrected chi connectivity index (χ1v) is 6.70. The molecule has 1 fully saturated rings. The van der Waals surface area contributed by atoms with Crippen molar-refractivity contribution in [2.24, 2.45) is 0 Å². The molecule has 21 heavy (non-hydrogen) atoms. The number of carboxylic acids is 1. The van der Waals surface area contributed by atoms with E-state index in [0.29, 0.717) is 12.8 Å². The van der Waals surface area contributed by atoms with Gasteiger partial charge in [0.2, 0.25) is 5.91 Å². The number of carboxylic acid groups (broad SMARTS) is 1. The molecule has 0 spiro atoms. The summed E-state index contributed by atoms with van der Waals surface area (Å²) in [6.45, 7) is 0.285. The first-order valence-electron chi connectivity index (χ1n) is 6.33. The lowest BCUT2D eigenvalue weighted by atomic mass is 10.2. The highest BCUT2D eigenvalue weighted by atomic mass is 35.5. The van der Waals surface area contributed by atoms with E-state index in [1.165, 1.54) is 18.2 Å². The van der Waals surface area contributed by atoms with Crippen LogP contribution in [0.2, 0.25) is 5.02 Å². The normalized spacial score (nSPS) is 17.2. The molecule has 0 radical (unpaired) electrons. The molecule has 1 aliphatic rings. The van der Waals surface area contributed by atoms with Crippen molar-refractivity contribution in [3.05, 3.63) is 28.8 Å². The first-order chi connectivity index (χ1) is 9.95. The maximum Gasteiger partial charge on any atom is 0.337 e. The Kier molecular flexibility index (Phi) is 4.64. The molecule has 112 valence electrons. The van der Waals surface area contributed by atoms with E-state index in [-0.39, 0.29) is 34.8 Å². The lowest BCUT2D eigenvalue weighted by Crippen LogP contribution is -2.40. The summed E-state index contributed by atoms with van der Waals surface area (Å²) in [5.74, 6) is -1.22. The fourth-order valence-electron chi connectivity index (χ4n) is 2.02. The second kappa shape index (κ2) is 6.45. The number of hydrogen-bond acceptors (Lipinski definition) is 3. The van der Waals surface area contributed by atoms with Crippen LogP contribution in [0, 0.1) is 0 Å². The zero-order valence-corrected chi connectivity index (χ0v) is 11.7. The number of anilines is 1. The van der Waals surface area contributed by atoms with Crippen molar-refractivity contribution in [1.29, 1.82) is 0 Å². The zero-order valence-electron chi connectivity index (χ0n) is 11.0. The molecule has 1 heterocycles. The fraction of sp³-hybridized carbons (Fsp3) is 0.308. The van der Waals surface area contributed by atoms with E-state index in [9.17, 15) is 14.4 Å². The van der Waals surface area contributed by atoms with Gasteiger partial charge in [-0.3, -0.25) is 4.79 Å². The number of benzene rings is 1. The summed E-state index contributed by atoms with van der Waals surface area (Å²) in [5.41, 5.74) is 0.0617. The van der Waals surface area contributed by atoms with Gasteiger partial charge in [0.25, 0.3) is 0 Å². The number of amides is 3. The average Bonchev–Trinajstić information content (AvgIpc) is 2.84. The minimum atomic E-state index is -1.18. The van der Waals surface area contributed by atoms with Gasteiger partial charge >= 0.3 is 12.0 Å². The third kappa shape index (κ3) is 4.09. The molecular weight excluding hydrogens is 298 g/mol. The largest absolute Gasteiger partial charge is 0.478 e. The summed E-state index contributed by atoms with van der Waals surface area (Å²) in [4.78, 5) is 33.9. The van der Waals surface area contributed by atoms with Crippen LogP contribution in [0.1, 0.15) is 23.2 Å². The van der Waals surface area contributed by atoms with E-state index in [1.807, 2.05) is 0 Å². The Morgan fingerprint density at radius 1 is 1.43 bits per heavy atom. The molecule has 0 aromatic heterocycles. The number of hydrogen-bond donors (Lipinski definition) is 4. The molecular formula is C13H14ClN3O4. The lowest BCUT2D eigenvalue weighted by Gasteiger charge is -2.13. The number of urea groups is 1. The monoisotopic (exact) mass is 311 g/mol. The maximum absolute atomic E-state index is 11.7. The summed E-state index contributed by atoms with van der Waals surface area (Å²) >= 11 is 5.73. The molecule has 0 aliphatic carbocycles. The quantitative estimate of drug-likeness (QED) is 0.674. The first kappa shape index (κ1) is 15.1. The second-order valence-electron chi connectivity index (χ2n) is 4.63. The number of halogens is 1. The molecule has 1 aromatic rings. The van der Waals surface area contributed by atoms with Gasteiger partial charge in [0.05, 0.1) is 11.3 Å². The van der Waals surface area contributed by atoms with Crippen molar-refractivity contribution < 1.29 is 19.5 Å². The van der Waals surface area contributed by atoms with Crippen LogP contribution in [0.3, 0.4) is 0 Å². The highest BCUT2D eigenvalue weighted by molar-refractivity contribution is 6.31. The molecule has 1 aliphatic heterocycles. The number of rotatable bonds is 4. The Morgan fingerprint density at radius 3 is 2.81 bits per heavy atom. The van der Waals surface area contributed by atoms with Gasteiger partial charge < -0.3 is 21.1 Å². The Morgan fingerprint density at radius 2 is 2.19 bits per heavy atom. The molecule has 1 saturated heterocycles. The van der Waals surface area contributed by atoms with E-state index in [4.69, 9.17) is 16.7 Å². The van der Waals surface area contributed by atoms with E-state index in [0.717, 1.165) is 0 Å². The molecule has 8 heteroatoms. The highest BCUT2D eigenvalue weighted by Crippen LogP contribution is 2.20. The van der Waals surface area contributed by atoms with Crippen LogP contribution in [-0.4, -0.2) is 35.6 Å². The Bertz CT molecular complexity index is 591. The predicted octanol–water partition coefficient (Wildman–Crippen LogP) is 1.44. The van der Waals surface area contributed by atoms with Crippen molar-refractivity contribution in [3.8, 4) is 0 Å². The van der Waals surface area contributed by atoms with E-state index in [1.54, 1.807) is 0 Å². The lowest BCUT2D eigenvalue weighted by molar-refractivity contribution is -0.119. The van der Waals surface area contributed by atoms with Crippen LogP contribution in [-0.2, 0) is 4.79 Å². The third-order valence-electron chi connectivity index (χ3n) is 3.05. The van der Waals surface area contributed by atoms with Gasteiger partial charge in [-0.15, -0.1) is 0 Å². The summed E-state index contributed by atoms with van der Waals surface area (Å²) in [6.07, 6.45) is 1.12. The van der Waals surface area contributed by atoms with Gasteiger partial charge in [-0.05, 0) is 24.6 Å². The molecule has 2 rings (SSSR count). The van der Waals surface area contributed by atoms with E-state index in [2.05, 4.69) is 16.0 Å². The Hall–Kier alpha value is -2.28. The minimum Gasteiger partial charge on any atom is -0.478 e. The molecule has 1 atom stereocenters. The van der Waals surface area contributed by atoms with Gasteiger partial charge in [0.1, 0.15) is 0 Å². The summed E-state index contributed by atoms with van der Waals surface area (Å²) < 4.78 is 0. The van der Waals surface area contributed by atoms with Crippen molar-refractivity contribution in [1.82, 2.24) is 10.6 Å². The van der Waals surface area contributed by atoms with Crippen LogP contribution >= 0.6 is 11.6 Å². The van der Waals surface area contributed by atoms with Crippen molar-refractivity contribution in [2.75, 3.05) is 11.9 Å². The summed E-state index contributed by atoms with van der Waals surface area (Å²) in [6, 6.07) is 3.54. The molecule has 1 aromatic carbocycles. The van der Waals surface area contributed by atoms with E-state index < -0.39 is 12.0 Å².